The Labute approximate surface area is 98.8 Å². The second kappa shape index (κ2) is 6.54. The zero-order valence-electron chi connectivity index (χ0n) is 10.6. The van der Waals surface area contributed by atoms with Crippen LogP contribution in [-0.4, -0.2) is 12.6 Å². The van der Waals surface area contributed by atoms with Crippen LogP contribution in [0.5, 0.6) is 5.75 Å². The van der Waals surface area contributed by atoms with Crippen molar-refractivity contribution in [3.8, 4) is 5.75 Å². The first-order valence-electron chi connectivity index (χ1n) is 6.09. The molecule has 0 saturated heterocycles. The van der Waals surface area contributed by atoms with Gasteiger partial charge in [0.2, 0.25) is 0 Å². The number of hydrogen-bond acceptors (Lipinski definition) is 2. The van der Waals surface area contributed by atoms with Crippen molar-refractivity contribution in [3.63, 3.8) is 0 Å². The number of benzene rings is 1. The first-order chi connectivity index (χ1) is 7.61. The molecule has 1 unspecified atom stereocenters. The maximum atomic E-state index is 5.81. The number of nitrogens with two attached hydrogens (primary N) is 1. The fourth-order valence-corrected chi connectivity index (χ4v) is 1.55. The smallest absolute Gasteiger partial charge is 0.119 e. The highest BCUT2D eigenvalue weighted by Gasteiger charge is 2.02. The maximum absolute atomic E-state index is 5.81. The van der Waals surface area contributed by atoms with Gasteiger partial charge in [0.15, 0.2) is 0 Å². The predicted molar refractivity (Wildman–Crippen MR) is 68.7 cm³/mol. The summed E-state index contributed by atoms with van der Waals surface area (Å²) in [6.45, 7) is 7.12. The Bertz CT molecular complexity index is 309. The van der Waals surface area contributed by atoms with E-state index in [2.05, 4.69) is 32.9 Å². The van der Waals surface area contributed by atoms with Crippen LogP contribution in [0.25, 0.3) is 0 Å². The van der Waals surface area contributed by atoms with Crippen LogP contribution in [0.2, 0.25) is 0 Å². The van der Waals surface area contributed by atoms with Crippen molar-refractivity contribution < 1.29 is 4.74 Å². The third kappa shape index (κ3) is 4.67. The van der Waals surface area contributed by atoms with Crippen LogP contribution in [0.1, 0.15) is 32.8 Å². The molecule has 0 aromatic heterocycles. The molecule has 0 fully saturated rings. The third-order valence-electron chi connectivity index (χ3n) is 2.53. The summed E-state index contributed by atoms with van der Waals surface area (Å²) < 4.78 is 5.66. The molecule has 16 heavy (non-hydrogen) atoms. The average molecular weight is 221 g/mol. The van der Waals surface area contributed by atoms with Crippen LogP contribution in [0.15, 0.2) is 24.3 Å². The van der Waals surface area contributed by atoms with Crippen LogP contribution < -0.4 is 10.5 Å². The molecule has 2 N–H and O–H groups in total. The Morgan fingerprint density at radius 3 is 2.69 bits per heavy atom. The van der Waals surface area contributed by atoms with E-state index in [4.69, 9.17) is 10.5 Å². The normalized spacial score (nSPS) is 12.8. The molecule has 2 heteroatoms. The molecule has 1 atom stereocenters. The van der Waals surface area contributed by atoms with Crippen molar-refractivity contribution in [2.45, 2.75) is 39.7 Å². The molecular weight excluding hydrogens is 198 g/mol. The van der Waals surface area contributed by atoms with Gasteiger partial charge in [0.05, 0.1) is 0 Å². The summed E-state index contributed by atoms with van der Waals surface area (Å²) in [5, 5.41) is 0. The molecular formula is C14H23NO. The van der Waals surface area contributed by atoms with Crippen molar-refractivity contribution in [2.75, 3.05) is 6.61 Å². The summed E-state index contributed by atoms with van der Waals surface area (Å²) in [6.07, 6.45) is 2.04. The van der Waals surface area contributed by atoms with Crippen LogP contribution in [0.4, 0.5) is 0 Å². The maximum Gasteiger partial charge on any atom is 0.119 e. The summed E-state index contributed by atoms with van der Waals surface area (Å²) in [5.41, 5.74) is 7.15. The Kier molecular flexibility index (Phi) is 5.33. The van der Waals surface area contributed by atoms with Crippen molar-refractivity contribution >= 4 is 0 Å². The molecule has 0 aliphatic heterocycles. The average Bonchev–Trinajstić information content (AvgIpc) is 2.25. The summed E-state index contributed by atoms with van der Waals surface area (Å²) >= 11 is 0. The lowest BCUT2D eigenvalue weighted by Gasteiger charge is -2.12. The molecule has 1 aromatic carbocycles. The van der Waals surface area contributed by atoms with Crippen LogP contribution in [-0.2, 0) is 6.42 Å². The van der Waals surface area contributed by atoms with Gasteiger partial charge in [0, 0.05) is 6.04 Å². The van der Waals surface area contributed by atoms with Crippen LogP contribution >= 0.6 is 0 Å². The molecule has 0 radical (unpaired) electrons. The van der Waals surface area contributed by atoms with E-state index < -0.39 is 0 Å². The number of rotatable bonds is 6. The highest BCUT2D eigenvalue weighted by molar-refractivity contribution is 5.28. The van der Waals surface area contributed by atoms with Gasteiger partial charge in [-0.3, -0.25) is 0 Å². The summed E-state index contributed by atoms with van der Waals surface area (Å²) in [4.78, 5) is 0. The van der Waals surface area contributed by atoms with Gasteiger partial charge in [0.25, 0.3) is 0 Å². The molecule has 1 aromatic rings. The third-order valence-corrected chi connectivity index (χ3v) is 2.53. The van der Waals surface area contributed by atoms with Crippen LogP contribution in [0, 0.1) is 5.92 Å². The van der Waals surface area contributed by atoms with E-state index in [0.29, 0.717) is 12.5 Å². The minimum Gasteiger partial charge on any atom is -0.492 e. The minimum atomic E-state index is 0.133. The van der Waals surface area contributed by atoms with Gasteiger partial charge in [-0.15, -0.1) is 0 Å². The topological polar surface area (TPSA) is 35.2 Å². The van der Waals surface area contributed by atoms with Crippen molar-refractivity contribution in [1.29, 1.82) is 0 Å². The van der Waals surface area contributed by atoms with E-state index in [9.17, 15) is 0 Å². The molecule has 0 spiro atoms. The lowest BCUT2D eigenvalue weighted by Crippen LogP contribution is -2.26. The molecule has 0 amide bonds. The molecule has 0 aliphatic carbocycles. The quantitative estimate of drug-likeness (QED) is 0.801. The number of ether oxygens (including phenoxy) is 1. The van der Waals surface area contributed by atoms with Crippen molar-refractivity contribution in [3.05, 3.63) is 29.8 Å². The van der Waals surface area contributed by atoms with E-state index >= 15 is 0 Å². The molecule has 0 heterocycles. The SMILES string of the molecule is CCC(N)COc1cccc(CC(C)C)c1. The highest BCUT2D eigenvalue weighted by atomic mass is 16.5. The second-order valence-corrected chi connectivity index (χ2v) is 4.72. The molecule has 2 nitrogen and oxygen atoms in total. The van der Waals surface area contributed by atoms with Crippen LogP contribution in [0.3, 0.4) is 0 Å². The van der Waals surface area contributed by atoms with Gasteiger partial charge in [-0.1, -0.05) is 32.9 Å². The predicted octanol–water partition coefficient (Wildman–Crippen LogP) is 3.00. The standard InChI is InChI=1S/C14H23NO/c1-4-13(15)10-16-14-7-5-6-12(9-14)8-11(2)3/h5-7,9,11,13H,4,8,10,15H2,1-3H3. The summed E-state index contributed by atoms with van der Waals surface area (Å²) in [5.74, 6) is 1.61. The fourth-order valence-electron chi connectivity index (χ4n) is 1.55. The lowest BCUT2D eigenvalue weighted by atomic mass is 10.0. The molecule has 0 aliphatic rings. The summed E-state index contributed by atoms with van der Waals surface area (Å²) in [7, 11) is 0. The van der Waals surface area contributed by atoms with Gasteiger partial charge < -0.3 is 10.5 Å². The van der Waals surface area contributed by atoms with Crippen molar-refractivity contribution in [1.82, 2.24) is 0 Å². The fraction of sp³-hybridized carbons (Fsp3) is 0.571. The lowest BCUT2D eigenvalue weighted by molar-refractivity contribution is 0.285. The largest absolute Gasteiger partial charge is 0.492 e. The zero-order valence-corrected chi connectivity index (χ0v) is 10.6. The van der Waals surface area contributed by atoms with Crippen molar-refractivity contribution in [2.24, 2.45) is 11.7 Å². The first kappa shape index (κ1) is 13.0. The van der Waals surface area contributed by atoms with Gasteiger partial charge in [-0.2, -0.15) is 0 Å². The monoisotopic (exact) mass is 221 g/mol. The molecule has 0 saturated carbocycles. The Morgan fingerprint density at radius 1 is 1.31 bits per heavy atom. The molecule has 1 rings (SSSR count). The van der Waals surface area contributed by atoms with Gasteiger partial charge in [-0.05, 0) is 36.5 Å². The zero-order chi connectivity index (χ0) is 12.0. The van der Waals surface area contributed by atoms with E-state index in [-0.39, 0.29) is 6.04 Å². The molecule has 90 valence electrons. The second-order valence-electron chi connectivity index (χ2n) is 4.72. The minimum absolute atomic E-state index is 0.133. The van der Waals surface area contributed by atoms with Gasteiger partial charge in [0.1, 0.15) is 12.4 Å². The Balaban J connectivity index is 2.53. The van der Waals surface area contributed by atoms with Gasteiger partial charge >= 0.3 is 0 Å². The van der Waals surface area contributed by atoms with E-state index in [0.717, 1.165) is 18.6 Å². The first-order valence-corrected chi connectivity index (χ1v) is 6.09. The van der Waals surface area contributed by atoms with E-state index in [1.54, 1.807) is 0 Å². The summed E-state index contributed by atoms with van der Waals surface area (Å²) in [6, 6.07) is 8.43. The van der Waals surface area contributed by atoms with E-state index in [1.165, 1.54) is 5.56 Å². The Morgan fingerprint density at radius 2 is 2.06 bits per heavy atom. The Hall–Kier alpha value is -1.02. The van der Waals surface area contributed by atoms with E-state index in [1.807, 2.05) is 12.1 Å². The molecule has 0 bridgehead atoms. The number of hydrogen-bond donors (Lipinski definition) is 1. The van der Waals surface area contributed by atoms with Gasteiger partial charge in [-0.25, -0.2) is 0 Å². The highest BCUT2D eigenvalue weighted by Crippen LogP contribution is 2.16.